The van der Waals surface area contributed by atoms with E-state index in [2.05, 4.69) is 19.7 Å². The Balaban J connectivity index is 5.75. The zero-order valence-electron chi connectivity index (χ0n) is 12.3. The van der Waals surface area contributed by atoms with Crippen molar-refractivity contribution in [1.29, 1.82) is 0 Å². The van der Waals surface area contributed by atoms with Crippen LogP contribution < -0.4 is 0 Å². The van der Waals surface area contributed by atoms with Crippen LogP contribution in [-0.2, 0) is 9.53 Å². The van der Waals surface area contributed by atoms with E-state index in [4.69, 9.17) is 4.74 Å². The summed E-state index contributed by atoms with van der Waals surface area (Å²) in [6, 6.07) is 0. The summed E-state index contributed by atoms with van der Waals surface area (Å²) in [6.07, 6.45) is 13.9. The maximum absolute atomic E-state index is 12.0. The average molecular weight is 270 g/mol. The molecule has 0 radical (unpaired) electrons. The molecular formula is C18H22O2. The summed E-state index contributed by atoms with van der Waals surface area (Å²) >= 11 is 0. The second-order valence-electron chi connectivity index (χ2n) is 3.69. The Kier molecular flexibility index (Phi) is 9.32. The number of esters is 1. The van der Waals surface area contributed by atoms with Gasteiger partial charge in [-0.1, -0.05) is 62.3 Å². The molecule has 0 aliphatic carbocycles. The van der Waals surface area contributed by atoms with E-state index >= 15 is 0 Å². The summed E-state index contributed by atoms with van der Waals surface area (Å²) in [4.78, 5) is 12.0. The Hall–Kier alpha value is -2.35. The largest absolute Gasteiger partial charge is 0.462 e. The van der Waals surface area contributed by atoms with E-state index < -0.39 is 0 Å². The van der Waals surface area contributed by atoms with E-state index in [9.17, 15) is 4.79 Å². The molecule has 0 aromatic rings. The van der Waals surface area contributed by atoms with Crippen molar-refractivity contribution in [1.82, 2.24) is 0 Å². The van der Waals surface area contributed by atoms with E-state index in [1.807, 2.05) is 25.2 Å². The zero-order chi connectivity index (χ0) is 15.4. The topological polar surface area (TPSA) is 26.3 Å². The molecule has 106 valence electrons. The van der Waals surface area contributed by atoms with Crippen LogP contribution in [-0.4, -0.2) is 12.6 Å². The molecule has 2 heteroatoms. The molecule has 0 saturated heterocycles. The van der Waals surface area contributed by atoms with Crippen molar-refractivity contribution in [3.8, 4) is 0 Å². The minimum atomic E-state index is -0.373. The second-order valence-corrected chi connectivity index (χ2v) is 3.69. The number of hydrogen-bond acceptors (Lipinski definition) is 2. The van der Waals surface area contributed by atoms with Crippen LogP contribution in [0.4, 0.5) is 0 Å². The van der Waals surface area contributed by atoms with E-state index in [0.717, 1.165) is 11.1 Å². The van der Waals surface area contributed by atoms with Crippen molar-refractivity contribution >= 4 is 5.97 Å². The van der Waals surface area contributed by atoms with Crippen molar-refractivity contribution in [2.24, 2.45) is 0 Å². The van der Waals surface area contributed by atoms with Crippen LogP contribution in [0.25, 0.3) is 0 Å². The maximum Gasteiger partial charge on any atom is 0.338 e. The van der Waals surface area contributed by atoms with Crippen molar-refractivity contribution in [2.75, 3.05) is 6.61 Å². The van der Waals surface area contributed by atoms with Crippen molar-refractivity contribution in [3.05, 3.63) is 85.1 Å². The molecule has 0 heterocycles. The summed E-state index contributed by atoms with van der Waals surface area (Å²) in [6.45, 7) is 14.9. The fraction of sp³-hybridized carbons (Fsp3) is 0.167. The van der Waals surface area contributed by atoms with Gasteiger partial charge in [-0.15, -0.1) is 0 Å². The van der Waals surface area contributed by atoms with Crippen molar-refractivity contribution in [2.45, 2.75) is 13.8 Å². The minimum absolute atomic E-state index is 0.327. The normalized spacial score (nSPS) is 13.2. The third-order valence-corrected chi connectivity index (χ3v) is 2.38. The average Bonchev–Trinajstić information content (AvgIpc) is 2.44. The van der Waals surface area contributed by atoms with Gasteiger partial charge in [-0.25, -0.2) is 4.79 Å². The van der Waals surface area contributed by atoms with E-state index in [0.29, 0.717) is 12.2 Å². The Labute approximate surface area is 121 Å². The van der Waals surface area contributed by atoms with Crippen LogP contribution in [0.15, 0.2) is 85.1 Å². The minimum Gasteiger partial charge on any atom is -0.462 e. The molecule has 0 saturated carbocycles. The van der Waals surface area contributed by atoms with E-state index in [1.54, 1.807) is 37.3 Å². The molecule has 0 amide bonds. The molecule has 0 unspecified atom stereocenters. The van der Waals surface area contributed by atoms with Crippen molar-refractivity contribution in [3.63, 3.8) is 0 Å². The predicted octanol–water partition coefficient (Wildman–Crippen LogP) is 4.46. The first kappa shape index (κ1) is 17.6. The zero-order valence-corrected chi connectivity index (χ0v) is 12.3. The third-order valence-electron chi connectivity index (χ3n) is 2.38. The van der Waals surface area contributed by atoms with Gasteiger partial charge in [-0.3, -0.25) is 0 Å². The first-order chi connectivity index (χ1) is 9.65. The van der Waals surface area contributed by atoms with Gasteiger partial charge < -0.3 is 4.74 Å². The molecule has 0 atom stereocenters. The Bertz CT molecular complexity index is 486. The number of allylic oxidation sites excluding steroid dienone is 9. The van der Waals surface area contributed by atoms with Gasteiger partial charge in [-0.05, 0) is 31.1 Å². The second kappa shape index (κ2) is 10.6. The molecule has 0 aromatic carbocycles. The first-order valence-corrected chi connectivity index (χ1v) is 6.44. The smallest absolute Gasteiger partial charge is 0.338 e. The van der Waals surface area contributed by atoms with Crippen LogP contribution in [0, 0.1) is 0 Å². The molecule has 0 bridgehead atoms. The molecule has 2 nitrogen and oxygen atoms in total. The van der Waals surface area contributed by atoms with Crippen LogP contribution >= 0.6 is 0 Å². The summed E-state index contributed by atoms with van der Waals surface area (Å²) in [5.74, 6) is -0.373. The SMILES string of the molecule is C=C\C=C/C(=C\C=C)C(=C/C)/C(=C\C=C)C(=O)OCC. The number of carbonyl (C=O) groups is 1. The predicted molar refractivity (Wildman–Crippen MR) is 86.3 cm³/mol. The van der Waals surface area contributed by atoms with Gasteiger partial charge in [0.1, 0.15) is 0 Å². The molecule has 20 heavy (non-hydrogen) atoms. The van der Waals surface area contributed by atoms with Gasteiger partial charge in [0.15, 0.2) is 0 Å². The van der Waals surface area contributed by atoms with Gasteiger partial charge in [-0.2, -0.15) is 0 Å². The lowest BCUT2D eigenvalue weighted by Crippen LogP contribution is -2.10. The fourth-order valence-electron chi connectivity index (χ4n) is 1.61. The van der Waals surface area contributed by atoms with Gasteiger partial charge >= 0.3 is 5.97 Å². The lowest BCUT2D eigenvalue weighted by molar-refractivity contribution is -0.138. The Morgan fingerprint density at radius 3 is 2.15 bits per heavy atom. The molecule has 0 aliphatic rings. The first-order valence-electron chi connectivity index (χ1n) is 6.44. The third kappa shape index (κ3) is 5.53. The molecule has 0 rings (SSSR count). The van der Waals surface area contributed by atoms with Gasteiger partial charge in [0.05, 0.1) is 12.2 Å². The number of hydrogen-bond donors (Lipinski definition) is 0. The Morgan fingerprint density at radius 1 is 1.05 bits per heavy atom. The summed E-state index contributed by atoms with van der Waals surface area (Å²) in [5, 5.41) is 0. The quantitative estimate of drug-likeness (QED) is 0.370. The van der Waals surface area contributed by atoms with Gasteiger partial charge in [0.25, 0.3) is 0 Å². The van der Waals surface area contributed by atoms with Crippen LogP contribution in [0.3, 0.4) is 0 Å². The highest BCUT2D eigenvalue weighted by Crippen LogP contribution is 2.22. The standard InChI is InChI=1S/C18H22O2/c1-6-11-14-15(12-7-2)16(9-4)17(13-8-3)18(19)20-10-5/h6-9,11-14H,1-3,10H2,4-5H3/b14-11-,15-12+,16-9-,17-13+. The number of carbonyl (C=O) groups excluding carboxylic acids is 1. The Morgan fingerprint density at radius 2 is 1.70 bits per heavy atom. The van der Waals surface area contributed by atoms with E-state index in [1.165, 1.54) is 0 Å². The number of ether oxygens (including phenoxy) is 1. The van der Waals surface area contributed by atoms with Gasteiger partial charge in [0.2, 0.25) is 0 Å². The lowest BCUT2D eigenvalue weighted by Gasteiger charge is -2.12. The highest BCUT2D eigenvalue weighted by Gasteiger charge is 2.16. The summed E-state index contributed by atoms with van der Waals surface area (Å²) in [7, 11) is 0. The summed E-state index contributed by atoms with van der Waals surface area (Å²) in [5.41, 5.74) is 2.08. The van der Waals surface area contributed by atoms with Gasteiger partial charge in [0, 0.05) is 0 Å². The molecular weight excluding hydrogens is 248 g/mol. The van der Waals surface area contributed by atoms with Crippen LogP contribution in [0.5, 0.6) is 0 Å². The molecule has 0 aliphatic heterocycles. The number of rotatable bonds is 8. The highest BCUT2D eigenvalue weighted by atomic mass is 16.5. The summed E-state index contributed by atoms with van der Waals surface area (Å²) < 4.78 is 5.08. The van der Waals surface area contributed by atoms with Crippen LogP contribution in [0.2, 0.25) is 0 Å². The monoisotopic (exact) mass is 270 g/mol. The van der Waals surface area contributed by atoms with E-state index in [-0.39, 0.29) is 5.97 Å². The molecule has 0 N–H and O–H groups in total. The maximum atomic E-state index is 12.0. The van der Waals surface area contributed by atoms with Crippen molar-refractivity contribution < 1.29 is 9.53 Å². The lowest BCUT2D eigenvalue weighted by atomic mass is 9.96. The molecule has 0 spiro atoms. The fourth-order valence-corrected chi connectivity index (χ4v) is 1.61. The highest BCUT2D eigenvalue weighted by molar-refractivity contribution is 5.95. The van der Waals surface area contributed by atoms with Crippen LogP contribution in [0.1, 0.15) is 13.8 Å². The molecule has 0 aromatic heterocycles. The molecule has 0 fully saturated rings.